The molecule has 2 aromatic rings. The highest BCUT2D eigenvalue weighted by atomic mass is 16.6. The molecule has 232 valence electrons. The second-order valence-corrected chi connectivity index (χ2v) is 11.2. The van der Waals surface area contributed by atoms with Crippen molar-refractivity contribution < 1.29 is 24.5 Å². The Morgan fingerprint density at radius 2 is 1.26 bits per heavy atom. The van der Waals surface area contributed by atoms with Crippen molar-refractivity contribution in [3.05, 3.63) is 85.5 Å². The first kappa shape index (κ1) is 33.4. The number of aliphatic hydroxyl groups excluding tert-OH is 1. The van der Waals surface area contributed by atoms with Gasteiger partial charge < -0.3 is 10.0 Å². The topological polar surface area (TPSA) is 144 Å². The number of benzene rings is 2. The third-order valence-electron chi connectivity index (χ3n) is 8.04. The van der Waals surface area contributed by atoms with Gasteiger partial charge in [0.25, 0.3) is 23.1 Å². The average Bonchev–Trinajstić information content (AvgIpc) is 3.26. The van der Waals surface area contributed by atoms with Crippen molar-refractivity contribution in [2.45, 2.75) is 103 Å². The van der Waals surface area contributed by atoms with Crippen LogP contribution in [0.25, 0.3) is 5.76 Å². The first-order valence-corrected chi connectivity index (χ1v) is 15.5. The van der Waals surface area contributed by atoms with E-state index >= 15 is 0 Å². The van der Waals surface area contributed by atoms with E-state index in [1.54, 1.807) is 6.07 Å². The zero-order valence-electron chi connectivity index (χ0n) is 25.0. The van der Waals surface area contributed by atoms with Crippen LogP contribution in [0.5, 0.6) is 0 Å². The fraction of sp³-hybridized carbons (Fsp3) is 0.515. The van der Waals surface area contributed by atoms with Gasteiger partial charge in [0.05, 0.1) is 21.5 Å². The summed E-state index contributed by atoms with van der Waals surface area (Å²) in [6, 6.07) is 9.67. The minimum Gasteiger partial charge on any atom is -0.507 e. The van der Waals surface area contributed by atoms with Gasteiger partial charge in [-0.1, -0.05) is 103 Å². The highest BCUT2D eigenvalue weighted by Crippen LogP contribution is 2.40. The van der Waals surface area contributed by atoms with Crippen LogP contribution in [0.2, 0.25) is 0 Å². The van der Waals surface area contributed by atoms with Gasteiger partial charge in [0.15, 0.2) is 0 Å². The molecule has 2 aromatic carbocycles. The number of aliphatic hydroxyl groups is 1. The van der Waals surface area contributed by atoms with Crippen molar-refractivity contribution in [3.63, 3.8) is 0 Å². The molecule has 1 heterocycles. The molecule has 1 atom stereocenters. The number of Topliss-reactive ketones (excluding diaryl/α,β-unsaturated/α-hetero) is 1. The number of hydrogen-bond acceptors (Lipinski definition) is 7. The summed E-state index contributed by atoms with van der Waals surface area (Å²) in [5.74, 6) is -2.15. The molecule has 0 radical (unpaired) electrons. The molecule has 1 fully saturated rings. The Hall–Kier alpha value is -4.08. The van der Waals surface area contributed by atoms with Crippen LogP contribution in [0.4, 0.5) is 11.4 Å². The summed E-state index contributed by atoms with van der Waals surface area (Å²) < 4.78 is 0. The predicted molar refractivity (Wildman–Crippen MR) is 166 cm³/mol. The summed E-state index contributed by atoms with van der Waals surface area (Å²) in [6.45, 7) is 2.49. The summed E-state index contributed by atoms with van der Waals surface area (Å²) in [5.41, 5.74) is -0.109. The lowest BCUT2D eigenvalue weighted by molar-refractivity contribution is -0.385. The van der Waals surface area contributed by atoms with Gasteiger partial charge in [-0.2, -0.15) is 0 Å². The summed E-state index contributed by atoms with van der Waals surface area (Å²) >= 11 is 0. The van der Waals surface area contributed by atoms with Crippen molar-refractivity contribution in [1.82, 2.24) is 4.90 Å². The number of rotatable bonds is 19. The van der Waals surface area contributed by atoms with Gasteiger partial charge in [0, 0.05) is 36.4 Å². The zero-order chi connectivity index (χ0) is 31.2. The maximum Gasteiger partial charge on any atom is 0.295 e. The van der Waals surface area contributed by atoms with Crippen molar-refractivity contribution in [2.75, 3.05) is 6.54 Å². The number of hydrogen-bond donors (Lipinski definition) is 1. The molecule has 1 amide bonds. The first-order valence-electron chi connectivity index (χ1n) is 15.5. The van der Waals surface area contributed by atoms with Crippen molar-refractivity contribution in [3.8, 4) is 0 Å². The Bertz CT molecular complexity index is 1290. The summed E-state index contributed by atoms with van der Waals surface area (Å²) in [5, 5.41) is 33.6. The van der Waals surface area contributed by atoms with E-state index in [2.05, 4.69) is 6.92 Å². The van der Waals surface area contributed by atoms with Crippen LogP contribution in [-0.2, 0) is 9.59 Å². The van der Waals surface area contributed by atoms with E-state index in [9.17, 15) is 34.9 Å². The van der Waals surface area contributed by atoms with Crippen molar-refractivity contribution in [1.29, 1.82) is 0 Å². The van der Waals surface area contributed by atoms with Crippen molar-refractivity contribution in [2.24, 2.45) is 0 Å². The first-order chi connectivity index (χ1) is 20.8. The number of likely N-dealkylation sites (tertiary alicyclic amines) is 1. The molecular formula is C33H43N3O7. The van der Waals surface area contributed by atoms with Gasteiger partial charge in [-0.25, -0.2) is 0 Å². The molecule has 0 saturated carbocycles. The molecule has 1 N–H and O–H groups in total. The lowest BCUT2D eigenvalue weighted by atomic mass is 9.95. The van der Waals surface area contributed by atoms with Crippen LogP contribution in [-0.4, -0.2) is 38.1 Å². The van der Waals surface area contributed by atoms with E-state index in [-0.39, 0.29) is 29.1 Å². The van der Waals surface area contributed by atoms with Gasteiger partial charge in [0.2, 0.25) is 0 Å². The molecule has 1 aliphatic heterocycles. The minimum absolute atomic E-state index is 0.135. The third kappa shape index (κ3) is 9.46. The number of nitro benzene ring substituents is 2. The van der Waals surface area contributed by atoms with Crippen LogP contribution in [0, 0.1) is 20.2 Å². The van der Waals surface area contributed by atoms with Gasteiger partial charge in [-0.3, -0.25) is 29.8 Å². The molecule has 0 unspecified atom stereocenters. The lowest BCUT2D eigenvalue weighted by Crippen LogP contribution is -2.30. The molecule has 1 saturated heterocycles. The number of unbranched alkanes of at least 4 members (excludes halogenated alkanes) is 13. The monoisotopic (exact) mass is 593 g/mol. The van der Waals surface area contributed by atoms with Gasteiger partial charge in [-0.15, -0.1) is 0 Å². The standard InChI is InChI=1S/C33H43N3O7/c1-2-3-4-5-6-7-8-9-10-11-12-13-14-15-23-34-30(26-17-16-18-28(24-26)36(42)43)29(32(38)33(34)39)31(37)25-19-21-27(22-20-25)35(40)41/h16-22,24,30,37H,2-15,23H2,1H3/b31-29+/t30-/m1/s1. The number of nitro groups is 2. The van der Waals surface area contributed by atoms with E-state index in [0.717, 1.165) is 19.3 Å². The Morgan fingerprint density at radius 1 is 0.744 bits per heavy atom. The summed E-state index contributed by atoms with van der Waals surface area (Å²) in [6.07, 6.45) is 16.5. The molecule has 0 aromatic heterocycles. The van der Waals surface area contributed by atoms with Crippen LogP contribution in [0.3, 0.4) is 0 Å². The molecule has 43 heavy (non-hydrogen) atoms. The summed E-state index contributed by atoms with van der Waals surface area (Å²) in [7, 11) is 0. The Balaban J connectivity index is 1.63. The van der Waals surface area contributed by atoms with E-state index in [0.29, 0.717) is 12.0 Å². The molecule has 3 rings (SSSR count). The molecule has 1 aliphatic rings. The highest BCUT2D eigenvalue weighted by Gasteiger charge is 2.46. The maximum atomic E-state index is 13.2. The van der Waals surface area contributed by atoms with Crippen LogP contribution in [0.15, 0.2) is 54.1 Å². The second-order valence-electron chi connectivity index (χ2n) is 11.2. The Labute approximate surface area is 253 Å². The normalized spacial score (nSPS) is 16.1. The second kappa shape index (κ2) is 17.1. The van der Waals surface area contributed by atoms with Crippen LogP contribution in [0.1, 0.15) is 114 Å². The van der Waals surface area contributed by atoms with Crippen molar-refractivity contribution >= 4 is 28.8 Å². The molecule has 10 nitrogen and oxygen atoms in total. The fourth-order valence-electron chi connectivity index (χ4n) is 5.64. The Kier molecular flexibility index (Phi) is 13.3. The van der Waals surface area contributed by atoms with E-state index in [4.69, 9.17) is 0 Å². The summed E-state index contributed by atoms with van der Waals surface area (Å²) in [4.78, 5) is 49.1. The number of carbonyl (C=O) groups is 2. The van der Waals surface area contributed by atoms with Gasteiger partial charge in [0.1, 0.15) is 5.76 Å². The highest BCUT2D eigenvalue weighted by molar-refractivity contribution is 6.46. The third-order valence-corrected chi connectivity index (χ3v) is 8.04. The number of amides is 1. The average molecular weight is 594 g/mol. The van der Waals surface area contributed by atoms with Gasteiger partial charge in [-0.05, 0) is 24.1 Å². The Morgan fingerprint density at radius 3 is 1.77 bits per heavy atom. The number of non-ortho nitro benzene ring substituents is 2. The SMILES string of the molecule is CCCCCCCCCCCCCCCCN1C(=O)C(=O)/C(=C(/O)c2ccc([N+](=O)[O-])cc2)[C@H]1c1cccc([N+](=O)[O-])c1. The van der Waals surface area contributed by atoms with E-state index < -0.39 is 33.3 Å². The maximum absolute atomic E-state index is 13.2. The van der Waals surface area contributed by atoms with Crippen LogP contribution >= 0.6 is 0 Å². The fourth-order valence-corrected chi connectivity index (χ4v) is 5.64. The van der Waals surface area contributed by atoms with Crippen LogP contribution < -0.4 is 0 Å². The zero-order valence-corrected chi connectivity index (χ0v) is 25.0. The largest absolute Gasteiger partial charge is 0.507 e. The predicted octanol–water partition coefficient (Wildman–Crippen LogP) is 8.41. The molecular weight excluding hydrogens is 550 g/mol. The lowest BCUT2D eigenvalue weighted by Gasteiger charge is -2.25. The molecule has 0 spiro atoms. The number of nitrogens with zero attached hydrogens (tertiary/aromatic N) is 3. The smallest absolute Gasteiger partial charge is 0.295 e. The van der Waals surface area contributed by atoms with E-state index in [1.807, 2.05) is 0 Å². The number of carbonyl (C=O) groups excluding carboxylic acids is 2. The number of ketones is 1. The molecule has 10 heteroatoms. The minimum atomic E-state index is -1.02. The molecule has 0 aliphatic carbocycles. The van der Waals surface area contributed by atoms with Gasteiger partial charge >= 0.3 is 0 Å². The molecule has 0 bridgehead atoms. The van der Waals surface area contributed by atoms with E-state index in [1.165, 1.54) is 112 Å². The quantitative estimate of drug-likeness (QED) is 0.0430.